The number of aliphatic hydroxyl groups excluding tert-OH is 2. The molecule has 2 fully saturated rings. The van der Waals surface area contributed by atoms with Gasteiger partial charge in [0.15, 0.2) is 0 Å². The van der Waals surface area contributed by atoms with Crippen LogP contribution in [0.5, 0.6) is 0 Å². The molecule has 16 heteroatoms. The van der Waals surface area contributed by atoms with E-state index >= 15 is 0 Å². The number of likely N-dealkylation sites (N-methyl/N-ethyl adjacent to an activating group) is 3. The summed E-state index contributed by atoms with van der Waals surface area (Å²) in [5.41, 5.74) is 0. The number of hydrogen-bond donors (Lipinski definition) is 5. The summed E-state index contributed by atoms with van der Waals surface area (Å²) in [4.78, 5) is 104. The minimum Gasteiger partial charge on any atom is -0.390 e. The number of fused-ring (bicyclic) bond motifs is 1. The van der Waals surface area contributed by atoms with Crippen molar-refractivity contribution in [3.63, 3.8) is 0 Å². The highest BCUT2D eigenvalue weighted by molar-refractivity contribution is 5.98. The Morgan fingerprint density at radius 2 is 1.23 bits per heavy atom. The van der Waals surface area contributed by atoms with Gasteiger partial charge in [-0.1, -0.05) is 61.0 Å². The molecule has 0 saturated carbocycles. The fraction of sp³-hybridized carbons (Fsp3) is 0.775. The SMILES string of the molecule is C=C[C@H](C)C[C@@H]1NC(=O)[C@H]([C@H](O)C(C)C)N(C)C(=O)[C@H](C)N(C)C(=O)C(C(C)CC)NC(=O)C([C@H](O)C(C)C)NC(=O)[C@H]2CCCCN2C(=O)[C@H](C)N(C)C1=O. The molecule has 0 bridgehead atoms. The Hall–Kier alpha value is -4.05. The number of piperidine rings is 1. The summed E-state index contributed by atoms with van der Waals surface area (Å²) in [6, 6.07) is -8.70. The van der Waals surface area contributed by atoms with Crippen LogP contribution in [0.2, 0.25) is 0 Å². The molecule has 0 aromatic rings. The zero-order chi connectivity index (χ0) is 42.9. The predicted molar refractivity (Wildman–Crippen MR) is 211 cm³/mol. The molecule has 5 N–H and O–H groups in total. The average Bonchev–Trinajstić information content (AvgIpc) is 3.17. The van der Waals surface area contributed by atoms with Gasteiger partial charge in [-0.3, -0.25) is 33.6 Å². The normalized spacial score (nSPS) is 29.6. The Bertz CT molecular complexity index is 1440. The van der Waals surface area contributed by atoms with E-state index in [1.165, 1.54) is 44.8 Å². The van der Waals surface area contributed by atoms with Gasteiger partial charge in [0.2, 0.25) is 41.4 Å². The Morgan fingerprint density at radius 3 is 1.77 bits per heavy atom. The van der Waals surface area contributed by atoms with Crippen LogP contribution in [0.25, 0.3) is 0 Å². The minimum absolute atomic E-state index is 0.0848. The van der Waals surface area contributed by atoms with E-state index in [1.807, 2.05) is 6.92 Å². The number of aliphatic hydroxyl groups is 2. The van der Waals surface area contributed by atoms with E-state index < -0.39 is 114 Å². The zero-order valence-corrected chi connectivity index (χ0v) is 35.6. The fourth-order valence-electron chi connectivity index (χ4n) is 7.06. The summed E-state index contributed by atoms with van der Waals surface area (Å²) in [7, 11) is 4.15. The molecule has 2 heterocycles. The standard InChI is InChI=1S/C40H69N7O9/c1-14-23(7)20-27-39(55)44(11)26(10)38(54)47-19-17-16-18-28(47)34(50)43-30(32(48)21(3)4)35(51)42-29(24(8)15-2)40(56)45(12)25(9)37(53)46(13)31(36(52)41-27)33(49)22(5)6/h14,21-33,48-49H,1,15-20H2,2-13H3,(H,41,52)(H,42,51)(H,43,50)/t23-,24?,25-,26-,27-,28+,29?,30?,31-,32+,33+/m0/s1. The summed E-state index contributed by atoms with van der Waals surface area (Å²) >= 11 is 0. The third kappa shape index (κ3) is 11.3. The summed E-state index contributed by atoms with van der Waals surface area (Å²) in [5.74, 6) is -6.53. The Labute approximate surface area is 333 Å². The molecule has 3 unspecified atom stereocenters. The van der Waals surface area contributed by atoms with E-state index in [9.17, 15) is 43.8 Å². The molecule has 7 amide bonds. The molecule has 2 aliphatic heterocycles. The second kappa shape index (κ2) is 20.9. The van der Waals surface area contributed by atoms with Gasteiger partial charge in [-0.05, 0) is 63.2 Å². The number of amides is 7. The maximum absolute atomic E-state index is 14.2. The van der Waals surface area contributed by atoms with Crippen LogP contribution in [0.1, 0.15) is 94.4 Å². The van der Waals surface area contributed by atoms with Gasteiger partial charge in [0.25, 0.3) is 0 Å². The van der Waals surface area contributed by atoms with Gasteiger partial charge in [-0.15, -0.1) is 6.58 Å². The van der Waals surface area contributed by atoms with Crippen LogP contribution < -0.4 is 16.0 Å². The van der Waals surface area contributed by atoms with Crippen molar-refractivity contribution in [3.05, 3.63) is 12.7 Å². The fourth-order valence-corrected chi connectivity index (χ4v) is 7.06. The molecule has 318 valence electrons. The first kappa shape index (κ1) is 48.1. The molecule has 2 rings (SSSR count). The summed E-state index contributed by atoms with van der Waals surface area (Å²) in [6.07, 6.45) is 0.837. The van der Waals surface area contributed by atoms with E-state index in [2.05, 4.69) is 22.5 Å². The highest BCUT2D eigenvalue weighted by Crippen LogP contribution is 2.23. The lowest BCUT2D eigenvalue weighted by Crippen LogP contribution is -2.64. The molecule has 11 atom stereocenters. The minimum atomic E-state index is -1.50. The van der Waals surface area contributed by atoms with Crippen LogP contribution in [0.3, 0.4) is 0 Å². The molecule has 0 aliphatic carbocycles. The van der Waals surface area contributed by atoms with E-state index in [0.29, 0.717) is 19.3 Å². The molecule has 2 saturated heterocycles. The topological polar surface area (TPSA) is 209 Å². The van der Waals surface area contributed by atoms with Crippen LogP contribution in [0.4, 0.5) is 0 Å². The highest BCUT2D eigenvalue weighted by Gasteiger charge is 2.44. The molecule has 16 nitrogen and oxygen atoms in total. The smallest absolute Gasteiger partial charge is 0.246 e. The van der Waals surface area contributed by atoms with Gasteiger partial charge in [-0.2, -0.15) is 0 Å². The number of rotatable bonds is 9. The molecule has 0 aromatic carbocycles. The summed E-state index contributed by atoms with van der Waals surface area (Å²) < 4.78 is 0. The zero-order valence-electron chi connectivity index (χ0n) is 35.6. The van der Waals surface area contributed by atoms with E-state index in [0.717, 1.165) is 9.80 Å². The third-order valence-corrected chi connectivity index (χ3v) is 11.7. The molecule has 0 aromatic heterocycles. The molecule has 2 aliphatic rings. The number of nitrogens with one attached hydrogen (secondary N) is 3. The quantitative estimate of drug-likeness (QED) is 0.208. The van der Waals surface area contributed by atoms with Crippen molar-refractivity contribution in [2.75, 3.05) is 27.7 Å². The van der Waals surface area contributed by atoms with E-state index in [-0.39, 0.29) is 25.3 Å². The van der Waals surface area contributed by atoms with Crippen LogP contribution >= 0.6 is 0 Å². The highest BCUT2D eigenvalue weighted by atomic mass is 16.3. The molecular formula is C40H69N7O9. The maximum Gasteiger partial charge on any atom is 0.246 e. The monoisotopic (exact) mass is 792 g/mol. The third-order valence-electron chi connectivity index (χ3n) is 11.7. The van der Waals surface area contributed by atoms with Crippen molar-refractivity contribution in [1.29, 1.82) is 0 Å². The van der Waals surface area contributed by atoms with Crippen molar-refractivity contribution in [1.82, 2.24) is 35.6 Å². The number of allylic oxidation sites excluding steroid dienone is 1. The van der Waals surface area contributed by atoms with E-state index in [1.54, 1.807) is 47.6 Å². The first-order valence-electron chi connectivity index (χ1n) is 20.0. The molecule has 0 radical (unpaired) electrons. The van der Waals surface area contributed by atoms with Crippen molar-refractivity contribution >= 4 is 41.4 Å². The number of hydrogen-bond acceptors (Lipinski definition) is 9. The Morgan fingerprint density at radius 1 is 0.696 bits per heavy atom. The van der Waals surface area contributed by atoms with Gasteiger partial charge >= 0.3 is 0 Å². The van der Waals surface area contributed by atoms with Crippen molar-refractivity contribution in [3.8, 4) is 0 Å². The second-order valence-electron chi connectivity index (χ2n) is 16.5. The van der Waals surface area contributed by atoms with Gasteiger partial charge in [0.05, 0.1) is 12.2 Å². The summed E-state index contributed by atoms with van der Waals surface area (Å²) in [5, 5.41) is 30.8. The molecular weight excluding hydrogens is 722 g/mol. The second-order valence-corrected chi connectivity index (χ2v) is 16.5. The Balaban J connectivity index is 2.83. The lowest BCUT2D eigenvalue weighted by atomic mass is 9.94. The molecule has 0 spiro atoms. The van der Waals surface area contributed by atoms with Crippen molar-refractivity contribution in [2.45, 2.75) is 149 Å². The van der Waals surface area contributed by atoms with Crippen LogP contribution in [-0.4, -0.2) is 153 Å². The number of nitrogens with zero attached hydrogens (tertiary/aromatic N) is 4. The Kier molecular flexibility index (Phi) is 18.0. The number of carbonyl (C=O) groups is 7. The predicted octanol–water partition coefficient (Wildman–Crippen LogP) is 0.648. The van der Waals surface area contributed by atoms with Gasteiger partial charge in [0, 0.05) is 27.7 Å². The van der Waals surface area contributed by atoms with Crippen LogP contribution in [-0.2, 0) is 33.6 Å². The van der Waals surface area contributed by atoms with Gasteiger partial charge in [-0.25, -0.2) is 0 Å². The van der Waals surface area contributed by atoms with Crippen LogP contribution in [0, 0.1) is 23.7 Å². The lowest BCUT2D eigenvalue weighted by molar-refractivity contribution is -0.153. The van der Waals surface area contributed by atoms with Gasteiger partial charge < -0.3 is 45.8 Å². The van der Waals surface area contributed by atoms with E-state index in [4.69, 9.17) is 0 Å². The lowest BCUT2D eigenvalue weighted by Gasteiger charge is -2.39. The van der Waals surface area contributed by atoms with Crippen LogP contribution in [0.15, 0.2) is 12.7 Å². The van der Waals surface area contributed by atoms with Crippen molar-refractivity contribution < 1.29 is 43.8 Å². The molecule has 56 heavy (non-hydrogen) atoms. The largest absolute Gasteiger partial charge is 0.390 e. The average molecular weight is 792 g/mol. The first-order chi connectivity index (χ1) is 26.0. The number of carbonyl (C=O) groups excluding carboxylic acids is 7. The first-order valence-corrected chi connectivity index (χ1v) is 20.0. The summed E-state index contributed by atoms with van der Waals surface area (Å²) in [6.45, 7) is 19.1. The van der Waals surface area contributed by atoms with Gasteiger partial charge in [0.1, 0.15) is 42.3 Å². The van der Waals surface area contributed by atoms with Crippen molar-refractivity contribution in [2.24, 2.45) is 23.7 Å². The maximum atomic E-state index is 14.2.